The Bertz CT molecular complexity index is 3730. The van der Waals surface area contributed by atoms with E-state index in [9.17, 15) is 0 Å². The minimum Gasteiger partial charge on any atom is -0.311 e. The molecule has 1 aliphatic carbocycles. The van der Waals surface area contributed by atoms with E-state index < -0.39 is 0 Å². The van der Waals surface area contributed by atoms with E-state index in [1.807, 2.05) is 0 Å². The number of para-hydroxylation sites is 2. The molecule has 3 heterocycles. The number of benzene rings is 8. The molecule has 0 spiro atoms. The first kappa shape index (κ1) is 45.6. The van der Waals surface area contributed by atoms with Crippen molar-refractivity contribution in [3.63, 3.8) is 0 Å². The number of hydrogen-bond acceptors (Lipinski definition) is 2. The van der Waals surface area contributed by atoms with Crippen LogP contribution in [-0.4, -0.2) is 11.3 Å². The van der Waals surface area contributed by atoms with Crippen LogP contribution < -0.4 is 26.2 Å². The molecule has 1 aromatic heterocycles. The van der Waals surface area contributed by atoms with E-state index >= 15 is 0 Å². The quantitative estimate of drug-likeness (QED) is 0.154. The number of hydrogen-bond donors (Lipinski definition) is 0. The summed E-state index contributed by atoms with van der Waals surface area (Å²) < 4.78 is 2.49. The van der Waals surface area contributed by atoms with Gasteiger partial charge in [-0.15, -0.1) is 0 Å². The van der Waals surface area contributed by atoms with Crippen LogP contribution in [-0.2, 0) is 17.3 Å². The summed E-state index contributed by atoms with van der Waals surface area (Å²) in [5.74, 6) is 0. The summed E-state index contributed by atoms with van der Waals surface area (Å²) in [7, 11) is 0. The second-order valence-corrected chi connectivity index (χ2v) is 22.8. The van der Waals surface area contributed by atoms with E-state index in [0.29, 0.717) is 0 Å². The number of allylic oxidation sites excluding steroid dienone is 1. The third-order valence-electron chi connectivity index (χ3n) is 16.0. The van der Waals surface area contributed by atoms with Crippen molar-refractivity contribution >= 4 is 80.3 Å². The van der Waals surface area contributed by atoms with Crippen LogP contribution in [0.3, 0.4) is 0 Å². The maximum Gasteiger partial charge on any atom is 0.252 e. The molecule has 0 fully saturated rings. The first-order valence-corrected chi connectivity index (χ1v) is 25.9. The van der Waals surface area contributed by atoms with Gasteiger partial charge in [0, 0.05) is 39.4 Å². The van der Waals surface area contributed by atoms with Gasteiger partial charge < -0.3 is 14.4 Å². The Kier molecular flexibility index (Phi) is 10.4. The van der Waals surface area contributed by atoms with E-state index in [0.717, 1.165) is 17.8 Å². The van der Waals surface area contributed by atoms with Gasteiger partial charge in [-0.25, -0.2) is 0 Å². The van der Waals surface area contributed by atoms with Crippen LogP contribution in [0.1, 0.15) is 104 Å². The molecule has 3 nitrogen and oxygen atoms in total. The molecule has 72 heavy (non-hydrogen) atoms. The molecule has 354 valence electrons. The average molecular weight is 934 g/mol. The maximum absolute atomic E-state index is 4.51. The van der Waals surface area contributed by atoms with Gasteiger partial charge in [0.25, 0.3) is 6.71 Å². The third kappa shape index (κ3) is 6.86. The summed E-state index contributed by atoms with van der Waals surface area (Å²) in [5, 5.41) is 1.22. The second-order valence-electron chi connectivity index (χ2n) is 22.8. The zero-order chi connectivity index (χ0) is 50.1. The molecule has 2 aliphatic heterocycles. The van der Waals surface area contributed by atoms with Crippen LogP contribution in [0.5, 0.6) is 0 Å². The van der Waals surface area contributed by atoms with Gasteiger partial charge in [-0.3, -0.25) is 0 Å². The van der Waals surface area contributed by atoms with Crippen LogP contribution >= 0.6 is 0 Å². The van der Waals surface area contributed by atoms with Crippen molar-refractivity contribution in [2.24, 2.45) is 0 Å². The molecule has 4 heteroatoms. The Morgan fingerprint density at radius 2 is 1.15 bits per heavy atom. The van der Waals surface area contributed by atoms with Crippen LogP contribution in [0.25, 0.3) is 51.0 Å². The van der Waals surface area contributed by atoms with E-state index in [4.69, 9.17) is 0 Å². The zero-order valence-corrected chi connectivity index (χ0v) is 43.9. The summed E-state index contributed by atoms with van der Waals surface area (Å²) in [6.45, 7) is 29.8. The fourth-order valence-corrected chi connectivity index (χ4v) is 12.6. The minimum absolute atomic E-state index is 0.0486. The molecule has 0 saturated carbocycles. The number of aryl methyl sites for hydroxylation is 4. The molecule has 0 saturated heterocycles. The van der Waals surface area contributed by atoms with Crippen molar-refractivity contribution < 1.29 is 0 Å². The molecular weight excluding hydrogens is 870 g/mol. The molecule has 0 N–H and O–H groups in total. The number of nitrogens with zero attached hydrogens (tertiary/aromatic N) is 3. The Morgan fingerprint density at radius 3 is 1.83 bits per heavy atom. The lowest BCUT2D eigenvalue weighted by atomic mass is 9.33. The maximum atomic E-state index is 4.51. The highest BCUT2D eigenvalue weighted by Crippen LogP contribution is 2.51. The van der Waals surface area contributed by atoms with Crippen molar-refractivity contribution in [1.82, 2.24) is 4.57 Å². The highest BCUT2D eigenvalue weighted by atomic mass is 15.2. The lowest BCUT2D eigenvalue weighted by molar-refractivity contribution is 0.590. The Morgan fingerprint density at radius 1 is 0.542 bits per heavy atom. The highest BCUT2D eigenvalue weighted by molar-refractivity contribution is 7.00. The highest BCUT2D eigenvalue weighted by Gasteiger charge is 2.45. The molecular formula is C68H64BN3. The van der Waals surface area contributed by atoms with Crippen LogP contribution in [0.4, 0.5) is 34.1 Å². The molecule has 0 amide bonds. The number of aromatic nitrogens is 1. The van der Waals surface area contributed by atoms with Gasteiger partial charge in [0.1, 0.15) is 0 Å². The van der Waals surface area contributed by atoms with Crippen molar-refractivity contribution in [2.45, 2.75) is 93.4 Å². The standard InChI is InChI=1S/C68H64BN3/c1-13-22-53-54-39-56-60(40-58(54)71(57(53)14-2)65-41(3)23-20-24-42(65)4)72(66-43(5)33-47(34-44(66)6)52-30-21-26-46-35-45-25-18-19-29-51(45)63(46)52)62-38-49(68(10,11)12)37-61-64(62)69(56)55-32-31-48(67(7,8)9)36-59(55)70(61)50-27-16-15-17-28-50/h13-34,36-40H,2,35H2,1,3-12H3/b22-13-. The predicted molar refractivity (Wildman–Crippen MR) is 312 cm³/mol. The Labute approximate surface area is 427 Å². The van der Waals surface area contributed by atoms with Crippen molar-refractivity contribution in [3.05, 3.63) is 214 Å². The summed E-state index contributed by atoms with van der Waals surface area (Å²) in [5.41, 5.74) is 31.4. The summed E-state index contributed by atoms with van der Waals surface area (Å²) in [6, 6.07) is 56.0. The third-order valence-corrected chi connectivity index (χ3v) is 16.0. The van der Waals surface area contributed by atoms with Crippen molar-refractivity contribution in [2.75, 3.05) is 9.80 Å². The first-order valence-electron chi connectivity index (χ1n) is 25.9. The monoisotopic (exact) mass is 934 g/mol. The smallest absolute Gasteiger partial charge is 0.252 e. The van der Waals surface area contributed by atoms with E-state index in [1.54, 1.807) is 0 Å². The minimum atomic E-state index is -0.151. The van der Waals surface area contributed by atoms with Crippen LogP contribution in [0, 0.1) is 27.7 Å². The van der Waals surface area contributed by atoms with Crippen molar-refractivity contribution in [1.29, 1.82) is 0 Å². The van der Waals surface area contributed by atoms with Gasteiger partial charge in [0.15, 0.2) is 0 Å². The fraction of sp³-hybridized carbons (Fsp3) is 0.206. The topological polar surface area (TPSA) is 11.4 Å². The van der Waals surface area contributed by atoms with Crippen molar-refractivity contribution in [3.8, 4) is 27.9 Å². The number of rotatable bonds is 6. The molecule has 0 unspecified atom stereocenters. The second kappa shape index (κ2) is 16.5. The summed E-state index contributed by atoms with van der Waals surface area (Å²) in [6.07, 6.45) is 7.51. The van der Waals surface area contributed by atoms with Gasteiger partial charge in [0.2, 0.25) is 0 Å². The SMILES string of the molecule is C=Cc1c(/C=C\C)c2cc3c(cc2n1-c1c(C)cccc1C)N(c1c(C)cc(-c2cccc4c2-c2ccccc2C4)cc1C)c1cc(C(C)(C)C)cc2c1B3c1ccc(C(C)(C)C)cc1N2c1ccccc1. The van der Waals surface area contributed by atoms with Gasteiger partial charge in [-0.1, -0.05) is 157 Å². The molecule has 12 rings (SSSR count). The largest absolute Gasteiger partial charge is 0.311 e. The lowest BCUT2D eigenvalue weighted by Gasteiger charge is -2.46. The normalized spacial score (nSPS) is 13.6. The molecule has 9 aromatic rings. The van der Waals surface area contributed by atoms with Gasteiger partial charge >= 0.3 is 0 Å². The predicted octanol–water partition coefficient (Wildman–Crippen LogP) is 16.5. The Hall–Kier alpha value is -7.56. The van der Waals surface area contributed by atoms with Crippen LogP contribution in [0.2, 0.25) is 0 Å². The molecule has 0 radical (unpaired) electrons. The molecule has 3 aliphatic rings. The fourth-order valence-electron chi connectivity index (χ4n) is 12.6. The molecule has 0 atom stereocenters. The molecule has 0 bridgehead atoms. The summed E-state index contributed by atoms with van der Waals surface area (Å²) in [4.78, 5) is 5.24. The van der Waals surface area contributed by atoms with Gasteiger partial charge in [0.05, 0.1) is 22.6 Å². The molecule has 8 aromatic carbocycles. The Balaban J connectivity index is 1.22. The van der Waals surface area contributed by atoms with E-state index in [1.165, 1.54) is 134 Å². The van der Waals surface area contributed by atoms with E-state index in [2.05, 4.69) is 261 Å². The van der Waals surface area contributed by atoms with Gasteiger partial charge in [-0.05, 0) is 190 Å². The zero-order valence-electron chi connectivity index (χ0n) is 43.9. The average Bonchev–Trinajstić information content (AvgIpc) is 3.88. The number of fused-ring (bicyclic) bond motifs is 8. The van der Waals surface area contributed by atoms with Gasteiger partial charge in [-0.2, -0.15) is 0 Å². The van der Waals surface area contributed by atoms with Crippen LogP contribution in [0.15, 0.2) is 158 Å². The summed E-state index contributed by atoms with van der Waals surface area (Å²) >= 11 is 0. The number of anilines is 6. The lowest BCUT2D eigenvalue weighted by Crippen LogP contribution is -2.61. The first-order chi connectivity index (χ1) is 34.6. The van der Waals surface area contributed by atoms with E-state index in [-0.39, 0.29) is 17.5 Å².